The number of rotatable bonds is 3. The monoisotopic (exact) mass is 287 g/mol. The van der Waals surface area contributed by atoms with Crippen LogP contribution in [-0.2, 0) is 16.0 Å². The Morgan fingerprint density at radius 1 is 1.38 bits per heavy atom. The average Bonchev–Trinajstić information content (AvgIpc) is 2.97. The maximum atomic E-state index is 12.6. The molecule has 3 rings (SSSR count). The molecule has 2 heterocycles. The van der Waals surface area contributed by atoms with Crippen molar-refractivity contribution in [3.05, 3.63) is 23.8 Å². The highest BCUT2D eigenvalue weighted by Crippen LogP contribution is 2.32. The number of carbonyl (C=O) groups excluding carboxylic acids is 2. The van der Waals surface area contributed by atoms with Crippen molar-refractivity contribution in [3.8, 4) is 0 Å². The van der Waals surface area contributed by atoms with E-state index >= 15 is 0 Å². The van der Waals surface area contributed by atoms with Crippen LogP contribution < -0.4 is 16.0 Å². The molecular formula is C16H21N3O2. The molecule has 0 aliphatic carbocycles. The van der Waals surface area contributed by atoms with Crippen molar-refractivity contribution in [2.75, 3.05) is 23.7 Å². The van der Waals surface area contributed by atoms with Crippen molar-refractivity contribution >= 4 is 23.2 Å². The van der Waals surface area contributed by atoms with E-state index < -0.39 is 0 Å². The molecule has 1 aromatic carbocycles. The maximum Gasteiger partial charge on any atom is 0.231 e. The molecule has 5 heteroatoms. The van der Waals surface area contributed by atoms with Gasteiger partial charge in [0.25, 0.3) is 0 Å². The molecule has 0 aromatic heterocycles. The highest BCUT2D eigenvalue weighted by Gasteiger charge is 2.39. The van der Waals surface area contributed by atoms with E-state index in [0.29, 0.717) is 6.42 Å². The van der Waals surface area contributed by atoms with E-state index in [-0.39, 0.29) is 17.2 Å². The largest absolute Gasteiger partial charge is 0.326 e. The Bertz CT molecular complexity index is 577. The van der Waals surface area contributed by atoms with Crippen LogP contribution in [0.15, 0.2) is 18.2 Å². The summed E-state index contributed by atoms with van der Waals surface area (Å²) in [4.78, 5) is 23.9. The lowest BCUT2D eigenvalue weighted by molar-refractivity contribution is -0.124. The summed E-state index contributed by atoms with van der Waals surface area (Å²) in [5.41, 5.74) is 2.47. The minimum Gasteiger partial charge on any atom is -0.326 e. The third kappa shape index (κ3) is 2.65. The van der Waals surface area contributed by atoms with Crippen molar-refractivity contribution in [1.82, 2.24) is 5.32 Å². The zero-order chi connectivity index (χ0) is 14.9. The Morgan fingerprint density at radius 3 is 2.95 bits per heavy atom. The molecule has 2 aliphatic heterocycles. The first kappa shape index (κ1) is 14.1. The third-order valence-electron chi connectivity index (χ3n) is 4.66. The molecule has 1 atom stereocenters. The van der Waals surface area contributed by atoms with Crippen molar-refractivity contribution in [2.24, 2.45) is 5.41 Å². The number of aryl methyl sites for hydroxylation is 1. The lowest BCUT2D eigenvalue weighted by atomic mass is 9.83. The number of hydrogen-bond acceptors (Lipinski definition) is 3. The molecule has 0 saturated carbocycles. The van der Waals surface area contributed by atoms with Crippen LogP contribution in [0.5, 0.6) is 0 Å². The Hall–Kier alpha value is -1.88. The zero-order valence-electron chi connectivity index (χ0n) is 12.3. The molecule has 21 heavy (non-hydrogen) atoms. The number of nitrogens with one attached hydrogen (secondary N) is 3. The van der Waals surface area contributed by atoms with Gasteiger partial charge in [0.1, 0.15) is 0 Å². The summed E-state index contributed by atoms with van der Waals surface area (Å²) in [5.74, 6) is 0.149. The summed E-state index contributed by atoms with van der Waals surface area (Å²) in [5, 5.41) is 9.18. The first-order valence-electron chi connectivity index (χ1n) is 7.58. The van der Waals surface area contributed by atoms with Gasteiger partial charge in [0.15, 0.2) is 0 Å². The Labute approximate surface area is 124 Å². The second kappa shape index (κ2) is 5.48. The Morgan fingerprint density at radius 2 is 2.24 bits per heavy atom. The fourth-order valence-corrected chi connectivity index (χ4v) is 3.12. The summed E-state index contributed by atoms with van der Waals surface area (Å²) in [6.07, 6.45) is 2.96. The predicted octanol–water partition coefficient (Wildman–Crippen LogP) is 1.90. The van der Waals surface area contributed by atoms with E-state index in [1.165, 1.54) is 0 Å². The van der Waals surface area contributed by atoms with Crippen LogP contribution in [0, 0.1) is 5.41 Å². The van der Waals surface area contributed by atoms with Gasteiger partial charge >= 0.3 is 0 Å². The van der Waals surface area contributed by atoms with Gasteiger partial charge in [-0.15, -0.1) is 0 Å². The fraction of sp³-hybridized carbons (Fsp3) is 0.500. The summed E-state index contributed by atoms with van der Waals surface area (Å²) in [7, 11) is 0. The van der Waals surface area contributed by atoms with Gasteiger partial charge in [0.2, 0.25) is 11.8 Å². The van der Waals surface area contributed by atoms with Gasteiger partial charge in [-0.2, -0.15) is 0 Å². The van der Waals surface area contributed by atoms with Gasteiger partial charge < -0.3 is 16.0 Å². The average molecular weight is 287 g/mol. The number of benzene rings is 1. The molecule has 1 aromatic rings. The normalized spacial score (nSPS) is 24.3. The summed E-state index contributed by atoms with van der Waals surface area (Å²) < 4.78 is 0. The molecule has 3 N–H and O–H groups in total. The van der Waals surface area contributed by atoms with E-state index in [4.69, 9.17) is 0 Å². The first-order valence-corrected chi connectivity index (χ1v) is 7.58. The van der Waals surface area contributed by atoms with Crippen LogP contribution in [-0.4, -0.2) is 24.9 Å². The number of anilines is 2. The SMILES string of the molecule is CCC1(C(=O)Nc2ccc3c(c2)CCC(=O)N3)CCNC1. The van der Waals surface area contributed by atoms with Crippen LogP contribution in [0.4, 0.5) is 11.4 Å². The van der Waals surface area contributed by atoms with Crippen LogP contribution in [0.25, 0.3) is 0 Å². The highest BCUT2D eigenvalue weighted by atomic mass is 16.2. The molecule has 0 radical (unpaired) electrons. The minimum absolute atomic E-state index is 0.0567. The number of hydrogen-bond donors (Lipinski definition) is 3. The van der Waals surface area contributed by atoms with Gasteiger partial charge in [-0.3, -0.25) is 9.59 Å². The molecule has 112 valence electrons. The maximum absolute atomic E-state index is 12.6. The number of fused-ring (bicyclic) bond motifs is 1. The molecule has 2 amide bonds. The highest BCUT2D eigenvalue weighted by molar-refractivity contribution is 5.97. The number of amides is 2. The minimum atomic E-state index is -0.288. The predicted molar refractivity (Wildman–Crippen MR) is 82.2 cm³/mol. The second-order valence-electron chi connectivity index (χ2n) is 5.93. The van der Waals surface area contributed by atoms with Gasteiger partial charge in [0.05, 0.1) is 5.41 Å². The first-order chi connectivity index (χ1) is 10.1. The van der Waals surface area contributed by atoms with Gasteiger partial charge in [-0.05, 0) is 49.6 Å². The van der Waals surface area contributed by atoms with E-state index in [1.54, 1.807) is 0 Å². The summed E-state index contributed by atoms with van der Waals surface area (Å²) >= 11 is 0. The van der Waals surface area contributed by atoms with E-state index in [1.807, 2.05) is 18.2 Å². The molecule has 5 nitrogen and oxygen atoms in total. The third-order valence-corrected chi connectivity index (χ3v) is 4.66. The quantitative estimate of drug-likeness (QED) is 0.795. The van der Waals surface area contributed by atoms with Crippen molar-refractivity contribution < 1.29 is 9.59 Å². The van der Waals surface area contributed by atoms with E-state index in [2.05, 4.69) is 22.9 Å². The summed E-state index contributed by atoms with van der Waals surface area (Å²) in [6, 6.07) is 5.69. The van der Waals surface area contributed by atoms with E-state index in [9.17, 15) is 9.59 Å². The van der Waals surface area contributed by atoms with Gasteiger partial charge in [-0.25, -0.2) is 0 Å². The molecule has 0 bridgehead atoms. The van der Waals surface area contributed by atoms with Crippen molar-refractivity contribution in [3.63, 3.8) is 0 Å². The molecule has 1 unspecified atom stereocenters. The smallest absolute Gasteiger partial charge is 0.231 e. The lowest BCUT2D eigenvalue weighted by Gasteiger charge is -2.25. The fourth-order valence-electron chi connectivity index (χ4n) is 3.12. The van der Waals surface area contributed by atoms with Crippen molar-refractivity contribution in [1.29, 1.82) is 0 Å². The van der Waals surface area contributed by atoms with Crippen LogP contribution >= 0.6 is 0 Å². The van der Waals surface area contributed by atoms with Crippen LogP contribution in [0.3, 0.4) is 0 Å². The van der Waals surface area contributed by atoms with Crippen LogP contribution in [0.1, 0.15) is 31.7 Å². The Kier molecular flexibility index (Phi) is 3.68. The summed E-state index contributed by atoms with van der Waals surface area (Å²) in [6.45, 7) is 3.71. The van der Waals surface area contributed by atoms with Gasteiger partial charge in [0, 0.05) is 24.3 Å². The zero-order valence-corrected chi connectivity index (χ0v) is 12.3. The van der Waals surface area contributed by atoms with Gasteiger partial charge in [-0.1, -0.05) is 6.92 Å². The number of carbonyl (C=O) groups is 2. The van der Waals surface area contributed by atoms with Crippen molar-refractivity contribution in [2.45, 2.75) is 32.6 Å². The topological polar surface area (TPSA) is 70.2 Å². The Balaban J connectivity index is 1.76. The molecule has 2 aliphatic rings. The van der Waals surface area contributed by atoms with Crippen LogP contribution in [0.2, 0.25) is 0 Å². The molecular weight excluding hydrogens is 266 g/mol. The molecule has 0 spiro atoms. The second-order valence-corrected chi connectivity index (χ2v) is 5.93. The van der Waals surface area contributed by atoms with E-state index in [0.717, 1.165) is 49.3 Å². The lowest BCUT2D eigenvalue weighted by Crippen LogP contribution is -2.37. The molecule has 1 saturated heterocycles. The molecule has 1 fully saturated rings. The standard InChI is InChI=1S/C16H21N3O2/c1-2-16(7-8-17-10-16)15(21)18-12-4-5-13-11(9-12)3-6-14(20)19-13/h4-5,9,17H,2-3,6-8,10H2,1H3,(H,18,21)(H,19,20).